The van der Waals surface area contributed by atoms with Crippen LogP contribution in [0.2, 0.25) is 0 Å². The Balaban J connectivity index is 2.05. The van der Waals surface area contributed by atoms with Gasteiger partial charge in [-0.1, -0.05) is 70.3 Å². The van der Waals surface area contributed by atoms with Crippen molar-refractivity contribution in [2.24, 2.45) is 35.0 Å². The molecule has 3 rings (SSSR count). The monoisotopic (exact) mass is 300 g/mol. The Morgan fingerprint density at radius 3 is 2.59 bits per heavy atom. The Bertz CT molecular complexity index is 478. The van der Waals surface area contributed by atoms with Crippen LogP contribution in [0.25, 0.3) is 5.32 Å². The Morgan fingerprint density at radius 2 is 1.95 bits per heavy atom. The number of hydrogen-bond acceptors (Lipinski definition) is 0. The molecular weight excluding hydrogens is 266 g/mol. The maximum Gasteiger partial charge on any atom is -0.00536 e. The van der Waals surface area contributed by atoms with E-state index < -0.39 is 0 Å². The summed E-state index contributed by atoms with van der Waals surface area (Å²) in [5.41, 5.74) is 1.81. The van der Waals surface area contributed by atoms with Gasteiger partial charge in [0.25, 0.3) is 0 Å². The minimum absolute atomic E-state index is 0.216. The molecular formula is C21H34N-. The zero-order valence-corrected chi connectivity index (χ0v) is 15.2. The average Bonchev–Trinajstić information content (AvgIpc) is 2.78. The summed E-state index contributed by atoms with van der Waals surface area (Å²) in [5, 5.41) is 4.90. The van der Waals surface area contributed by atoms with Crippen LogP contribution in [0.1, 0.15) is 59.8 Å². The van der Waals surface area contributed by atoms with E-state index in [0.29, 0.717) is 5.41 Å². The molecule has 1 heteroatoms. The first-order valence-corrected chi connectivity index (χ1v) is 9.30. The van der Waals surface area contributed by atoms with Crippen molar-refractivity contribution in [1.82, 2.24) is 0 Å². The molecule has 0 aromatic rings. The highest BCUT2D eigenvalue weighted by Crippen LogP contribution is 2.68. The Labute approximate surface area is 137 Å². The van der Waals surface area contributed by atoms with Gasteiger partial charge in [-0.05, 0) is 48.9 Å². The number of rotatable bonds is 3. The second-order valence-electron chi connectivity index (χ2n) is 8.87. The molecule has 3 fully saturated rings. The fourth-order valence-electron chi connectivity index (χ4n) is 6.40. The molecule has 0 aromatic carbocycles. The zero-order valence-electron chi connectivity index (χ0n) is 15.2. The molecule has 3 aliphatic rings. The van der Waals surface area contributed by atoms with Crippen LogP contribution in [0.4, 0.5) is 0 Å². The van der Waals surface area contributed by atoms with Crippen LogP contribution in [0.5, 0.6) is 0 Å². The number of allylic oxidation sites excluding steroid dienone is 3. The van der Waals surface area contributed by atoms with E-state index in [1.165, 1.54) is 37.7 Å². The largest absolute Gasteiger partial charge is 0.659 e. The van der Waals surface area contributed by atoms with Crippen molar-refractivity contribution in [1.29, 1.82) is 0 Å². The van der Waals surface area contributed by atoms with E-state index in [2.05, 4.69) is 53.5 Å². The van der Waals surface area contributed by atoms with Gasteiger partial charge in [-0.2, -0.15) is 7.05 Å². The maximum absolute atomic E-state index is 4.90. The van der Waals surface area contributed by atoms with E-state index in [-0.39, 0.29) is 5.54 Å². The summed E-state index contributed by atoms with van der Waals surface area (Å²) in [5.74, 6) is 4.20. The standard InChI is InChI=1S/C21H34N/c1-14(2)9-12-21-13-15(3)17-10-11-20(5,22-6)18(19(17)21)8-7-16(21)4/h9,12,15-19H,1,7-8,10-11,13H2,2-6H3/q-1/b12-9+/t15-,16+,17+,18-,19+,20-,21-/m0/s1. The first-order valence-electron chi connectivity index (χ1n) is 9.30. The Kier molecular flexibility index (Phi) is 4.08. The summed E-state index contributed by atoms with van der Waals surface area (Å²) < 4.78 is 0. The van der Waals surface area contributed by atoms with E-state index >= 15 is 0 Å². The van der Waals surface area contributed by atoms with Crippen molar-refractivity contribution in [2.45, 2.75) is 65.3 Å². The van der Waals surface area contributed by atoms with Crippen LogP contribution < -0.4 is 0 Å². The van der Waals surface area contributed by atoms with Crippen LogP contribution in [0.3, 0.4) is 0 Å². The fraction of sp³-hybridized carbons (Fsp3) is 0.810. The van der Waals surface area contributed by atoms with Gasteiger partial charge in [0.05, 0.1) is 0 Å². The molecule has 0 aromatic heterocycles. The van der Waals surface area contributed by atoms with Crippen molar-refractivity contribution >= 4 is 0 Å². The quantitative estimate of drug-likeness (QED) is 0.569. The molecule has 22 heavy (non-hydrogen) atoms. The smallest absolute Gasteiger partial charge is 0.00536 e. The predicted octanol–water partition coefficient (Wildman–Crippen LogP) is 5.98. The first-order chi connectivity index (χ1) is 10.3. The van der Waals surface area contributed by atoms with Gasteiger partial charge in [0.1, 0.15) is 0 Å². The highest BCUT2D eigenvalue weighted by molar-refractivity contribution is 5.25. The van der Waals surface area contributed by atoms with Crippen molar-refractivity contribution in [2.75, 3.05) is 7.05 Å². The van der Waals surface area contributed by atoms with Crippen molar-refractivity contribution < 1.29 is 0 Å². The molecule has 1 nitrogen and oxygen atoms in total. The lowest BCUT2D eigenvalue weighted by Crippen LogP contribution is -2.53. The lowest BCUT2D eigenvalue weighted by Gasteiger charge is -2.62. The van der Waals surface area contributed by atoms with Gasteiger partial charge in [-0.15, -0.1) is 5.54 Å². The van der Waals surface area contributed by atoms with Gasteiger partial charge in [-0.25, -0.2) is 0 Å². The molecule has 7 atom stereocenters. The van der Waals surface area contributed by atoms with E-state index in [0.717, 1.165) is 29.6 Å². The summed E-state index contributed by atoms with van der Waals surface area (Å²) in [6.45, 7) is 13.7. The highest BCUT2D eigenvalue weighted by Gasteiger charge is 2.60. The Morgan fingerprint density at radius 1 is 1.23 bits per heavy atom. The van der Waals surface area contributed by atoms with Crippen molar-refractivity contribution in [3.8, 4) is 0 Å². The molecule has 0 amide bonds. The lowest BCUT2D eigenvalue weighted by atomic mass is 9.50. The van der Waals surface area contributed by atoms with E-state index in [1.807, 2.05) is 0 Å². The van der Waals surface area contributed by atoms with Crippen LogP contribution >= 0.6 is 0 Å². The van der Waals surface area contributed by atoms with Gasteiger partial charge in [0.2, 0.25) is 0 Å². The topological polar surface area (TPSA) is 14.1 Å². The average molecular weight is 301 g/mol. The summed E-state index contributed by atoms with van der Waals surface area (Å²) in [6.07, 6.45) is 11.7. The molecule has 0 N–H and O–H groups in total. The molecule has 0 radical (unpaired) electrons. The summed E-state index contributed by atoms with van der Waals surface area (Å²) in [4.78, 5) is 0. The number of hydrogen-bond donors (Lipinski definition) is 0. The van der Waals surface area contributed by atoms with Gasteiger partial charge >= 0.3 is 0 Å². The third-order valence-corrected chi connectivity index (χ3v) is 7.72. The Hall–Kier alpha value is -0.560. The molecule has 0 unspecified atom stereocenters. The minimum Gasteiger partial charge on any atom is -0.659 e. The van der Waals surface area contributed by atoms with Crippen molar-refractivity contribution in [3.63, 3.8) is 0 Å². The van der Waals surface area contributed by atoms with Crippen LogP contribution in [0.15, 0.2) is 24.3 Å². The SMILES string of the molecule is C=C(C)/C=C/[C@]12C[C@H](C)[C@H]3CC[C@](C)([N-]C)[C@@H](CC[C@H]1C)[C@@H]32. The van der Waals surface area contributed by atoms with Gasteiger partial charge in [0.15, 0.2) is 0 Å². The third kappa shape index (κ3) is 2.23. The summed E-state index contributed by atoms with van der Waals surface area (Å²) in [6, 6.07) is 0. The minimum atomic E-state index is 0.216. The molecule has 0 aliphatic heterocycles. The molecule has 3 aliphatic carbocycles. The molecule has 124 valence electrons. The predicted molar refractivity (Wildman–Crippen MR) is 96.0 cm³/mol. The highest BCUT2D eigenvalue weighted by atomic mass is 15.0. The van der Waals surface area contributed by atoms with Gasteiger partial charge in [-0.3, -0.25) is 0 Å². The van der Waals surface area contributed by atoms with Crippen LogP contribution in [0, 0.1) is 35.0 Å². The van der Waals surface area contributed by atoms with Crippen LogP contribution in [-0.4, -0.2) is 12.6 Å². The maximum atomic E-state index is 4.90. The molecule has 3 saturated carbocycles. The third-order valence-electron chi connectivity index (χ3n) is 7.72. The van der Waals surface area contributed by atoms with Crippen molar-refractivity contribution in [3.05, 3.63) is 29.6 Å². The molecule has 0 saturated heterocycles. The van der Waals surface area contributed by atoms with Gasteiger partial charge in [0, 0.05) is 0 Å². The van der Waals surface area contributed by atoms with Gasteiger partial charge < -0.3 is 5.32 Å². The number of nitrogens with zero attached hydrogens (tertiary/aromatic N) is 1. The zero-order chi connectivity index (χ0) is 16.1. The second kappa shape index (κ2) is 5.51. The summed E-state index contributed by atoms with van der Waals surface area (Å²) >= 11 is 0. The van der Waals surface area contributed by atoms with Crippen LogP contribution in [-0.2, 0) is 0 Å². The normalized spacial score (nSPS) is 51.0. The molecule has 0 spiro atoms. The molecule has 0 bridgehead atoms. The molecule has 0 heterocycles. The van der Waals surface area contributed by atoms with E-state index in [4.69, 9.17) is 5.32 Å². The fourth-order valence-corrected chi connectivity index (χ4v) is 6.40. The second-order valence-corrected chi connectivity index (χ2v) is 8.87. The van der Waals surface area contributed by atoms with E-state index in [9.17, 15) is 0 Å². The lowest BCUT2D eigenvalue weighted by molar-refractivity contribution is -0.0222. The summed E-state index contributed by atoms with van der Waals surface area (Å²) in [7, 11) is 2.06. The van der Waals surface area contributed by atoms with E-state index in [1.54, 1.807) is 0 Å². The first kappa shape index (κ1) is 16.3.